The van der Waals surface area contributed by atoms with Gasteiger partial charge in [-0.15, -0.1) is 0 Å². The molecule has 0 aromatic carbocycles. The highest BCUT2D eigenvalue weighted by atomic mass is 15.3. The second-order valence-corrected chi connectivity index (χ2v) is 7.05. The van der Waals surface area contributed by atoms with E-state index in [2.05, 4.69) is 44.4 Å². The molecule has 0 amide bonds. The summed E-state index contributed by atoms with van der Waals surface area (Å²) in [5, 5.41) is 0. The van der Waals surface area contributed by atoms with Gasteiger partial charge in [-0.2, -0.15) is 0 Å². The Bertz CT molecular complexity index is 246. The molecular formula is C15H30N2. The summed E-state index contributed by atoms with van der Waals surface area (Å²) in [5.41, 5.74) is 0.595. The molecule has 0 aromatic rings. The van der Waals surface area contributed by atoms with Crippen LogP contribution in [0.4, 0.5) is 0 Å². The first-order valence-corrected chi connectivity index (χ1v) is 7.40. The minimum Gasteiger partial charge on any atom is -0.298 e. The summed E-state index contributed by atoms with van der Waals surface area (Å²) >= 11 is 0. The van der Waals surface area contributed by atoms with E-state index in [9.17, 15) is 0 Å². The fourth-order valence-corrected chi connectivity index (χ4v) is 3.12. The van der Waals surface area contributed by atoms with E-state index in [1.54, 1.807) is 0 Å². The van der Waals surface area contributed by atoms with Gasteiger partial charge >= 0.3 is 0 Å². The van der Waals surface area contributed by atoms with Crippen LogP contribution in [-0.2, 0) is 0 Å². The van der Waals surface area contributed by atoms with Crippen molar-refractivity contribution in [3.8, 4) is 0 Å². The quantitative estimate of drug-likeness (QED) is 0.746. The van der Waals surface area contributed by atoms with Gasteiger partial charge in [0, 0.05) is 25.2 Å². The number of nitrogens with zero attached hydrogens (tertiary/aromatic N) is 2. The van der Waals surface area contributed by atoms with Gasteiger partial charge in [-0.25, -0.2) is 0 Å². The Hall–Kier alpha value is -0.0800. The molecule has 0 aromatic heterocycles. The standard InChI is InChI=1S/C15H30N2/c1-12(2)15(5)6-8-16(9-7-15)14-10-17(11-14)13(3)4/h12-14H,6-11H2,1-5H3. The van der Waals surface area contributed by atoms with Gasteiger partial charge in [0.1, 0.15) is 0 Å². The third-order valence-corrected chi connectivity index (χ3v) is 5.47. The van der Waals surface area contributed by atoms with Crippen LogP contribution in [0.3, 0.4) is 0 Å². The summed E-state index contributed by atoms with van der Waals surface area (Å²) in [6.07, 6.45) is 2.78. The summed E-state index contributed by atoms with van der Waals surface area (Å²) in [6, 6.07) is 1.59. The van der Waals surface area contributed by atoms with Crippen molar-refractivity contribution in [1.82, 2.24) is 9.80 Å². The molecule has 0 unspecified atom stereocenters. The zero-order chi connectivity index (χ0) is 12.6. The van der Waals surface area contributed by atoms with E-state index in [4.69, 9.17) is 0 Å². The fraction of sp³-hybridized carbons (Fsp3) is 1.00. The molecule has 17 heavy (non-hydrogen) atoms. The van der Waals surface area contributed by atoms with Crippen LogP contribution in [-0.4, -0.2) is 48.1 Å². The van der Waals surface area contributed by atoms with Gasteiger partial charge in [0.25, 0.3) is 0 Å². The average molecular weight is 238 g/mol. The van der Waals surface area contributed by atoms with Crippen LogP contribution in [0.15, 0.2) is 0 Å². The molecule has 2 heterocycles. The van der Waals surface area contributed by atoms with Crippen molar-refractivity contribution in [3.05, 3.63) is 0 Å². The number of rotatable bonds is 3. The molecule has 0 aliphatic carbocycles. The predicted molar refractivity (Wildman–Crippen MR) is 74.2 cm³/mol. The first-order chi connectivity index (χ1) is 7.92. The topological polar surface area (TPSA) is 6.48 Å². The van der Waals surface area contributed by atoms with E-state index in [1.807, 2.05) is 0 Å². The van der Waals surface area contributed by atoms with E-state index < -0.39 is 0 Å². The molecule has 0 N–H and O–H groups in total. The first kappa shape index (κ1) is 13.4. The Morgan fingerprint density at radius 3 is 1.94 bits per heavy atom. The van der Waals surface area contributed by atoms with Crippen molar-refractivity contribution in [3.63, 3.8) is 0 Å². The van der Waals surface area contributed by atoms with E-state index >= 15 is 0 Å². The predicted octanol–water partition coefficient (Wildman–Crippen LogP) is 2.84. The minimum absolute atomic E-state index is 0.595. The largest absolute Gasteiger partial charge is 0.298 e. The lowest BCUT2D eigenvalue weighted by Gasteiger charge is -2.51. The summed E-state index contributed by atoms with van der Waals surface area (Å²) in [7, 11) is 0. The summed E-state index contributed by atoms with van der Waals surface area (Å²) in [4.78, 5) is 5.32. The van der Waals surface area contributed by atoms with Gasteiger partial charge in [0.05, 0.1) is 0 Å². The number of hydrogen-bond acceptors (Lipinski definition) is 2. The molecule has 2 aliphatic heterocycles. The molecule has 2 rings (SSSR count). The molecule has 2 saturated heterocycles. The van der Waals surface area contributed by atoms with Crippen molar-refractivity contribution in [1.29, 1.82) is 0 Å². The van der Waals surface area contributed by atoms with E-state index in [-0.39, 0.29) is 0 Å². The summed E-state index contributed by atoms with van der Waals surface area (Å²) < 4.78 is 0. The van der Waals surface area contributed by atoms with Crippen LogP contribution in [0.25, 0.3) is 0 Å². The molecule has 0 radical (unpaired) electrons. The lowest BCUT2D eigenvalue weighted by molar-refractivity contribution is -0.0235. The zero-order valence-corrected chi connectivity index (χ0v) is 12.4. The Balaban J connectivity index is 1.77. The van der Waals surface area contributed by atoms with Crippen LogP contribution in [0.5, 0.6) is 0 Å². The Morgan fingerprint density at radius 1 is 1.00 bits per heavy atom. The molecule has 0 bridgehead atoms. The van der Waals surface area contributed by atoms with Crippen LogP contribution < -0.4 is 0 Å². The first-order valence-electron chi connectivity index (χ1n) is 7.40. The normalized spacial score (nSPS) is 27.7. The molecule has 2 heteroatoms. The van der Waals surface area contributed by atoms with Crippen LogP contribution in [0, 0.1) is 11.3 Å². The Kier molecular flexibility index (Phi) is 3.84. The molecule has 0 atom stereocenters. The van der Waals surface area contributed by atoms with Gasteiger partial charge in [-0.3, -0.25) is 9.80 Å². The highest BCUT2D eigenvalue weighted by molar-refractivity contribution is 4.94. The van der Waals surface area contributed by atoms with Gasteiger partial charge in [0.15, 0.2) is 0 Å². The highest BCUT2D eigenvalue weighted by Crippen LogP contribution is 2.39. The molecule has 2 nitrogen and oxygen atoms in total. The zero-order valence-electron chi connectivity index (χ0n) is 12.4. The number of likely N-dealkylation sites (tertiary alicyclic amines) is 2. The second-order valence-electron chi connectivity index (χ2n) is 7.05. The minimum atomic E-state index is 0.595. The van der Waals surface area contributed by atoms with Crippen LogP contribution >= 0.6 is 0 Å². The van der Waals surface area contributed by atoms with Crippen molar-refractivity contribution in [2.75, 3.05) is 26.2 Å². The van der Waals surface area contributed by atoms with Gasteiger partial charge < -0.3 is 0 Å². The number of hydrogen-bond donors (Lipinski definition) is 0. The molecular weight excluding hydrogens is 208 g/mol. The summed E-state index contributed by atoms with van der Waals surface area (Å²) in [6.45, 7) is 17.1. The Labute approximate surface area is 107 Å². The maximum absolute atomic E-state index is 2.74. The fourth-order valence-electron chi connectivity index (χ4n) is 3.12. The van der Waals surface area contributed by atoms with Crippen LogP contribution in [0.1, 0.15) is 47.5 Å². The van der Waals surface area contributed by atoms with Crippen molar-refractivity contribution >= 4 is 0 Å². The highest BCUT2D eigenvalue weighted by Gasteiger charge is 2.38. The van der Waals surface area contributed by atoms with Crippen molar-refractivity contribution in [2.24, 2.45) is 11.3 Å². The van der Waals surface area contributed by atoms with Gasteiger partial charge in [0.2, 0.25) is 0 Å². The summed E-state index contributed by atoms with van der Waals surface area (Å²) in [5.74, 6) is 0.832. The molecule has 100 valence electrons. The number of piperidine rings is 1. The Morgan fingerprint density at radius 2 is 1.53 bits per heavy atom. The third kappa shape index (κ3) is 2.68. The van der Waals surface area contributed by atoms with Gasteiger partial charge in [-0.1, -0.05) is 20.8 Å². The lowest BCUT2D eigenvalue weighted by atomic mass is 9.71. The van der Waals surface area contributed by atoms with Crippen molar-refractivity contribution in [2.45, 2.75) is 59.5 Å². The van der Waals surface area contributed by atoms with Crippen LogP contribution in [0.2, 0.25) is 0 Å². The molecule has 2 fully saturated rings. The van der Waals surface area contributed by atoms with E-state index in [1.165, 1.54) is 39.0 Å². The van der Waals surface area contributed by atoms with Gasteiger partial charge in [-0.05, 0) is 51.1 Å². The molecule has 0 spiro atoms. The van der Waals surface area contributed by atoms with E-state index in [0.717, 1.165) is 18.0 Å². The maximum Gasteiger partial charge on any atom is 0.0350 e. The van der Waals surface area contributed by atoms with Crippen molar-refractivity contribution < 1.29 is 0 Å². The lowest BCUT2D eigenvalue weighted by Crippen LogP contribution is -2.62. The average Bonchev–Trinajstić information content (AvgIpc) is 2.18. The second kappa shape index (κ2) is 4.89. The smallest absolute Gasteiger partial charge is 0.0350 e. The third-order valence-electron chi connectivity index (χ3n) is 5.47. The SMILES string of the molecule is CC(C)N1CC(N2CCC(C)(C(C)C)CC2)C1. The monoisotopic (exact) mass is 238 g/mol. The maximum atomic E-state index is 2.74. The molecule has 2 aliphatic rings. The molecule has 0 saturated carbocycles. The van der Waals surface area contributed by atoms with E-state index in [0.29, 0.717) is 5.41 Å².